The molecule has 5 heterocycles. The minimum atomic E-state index is -0.375. The first-order valence-corrected chi connectivity index (χ1v) is 11.0. The molecule has 9 nitrogen and oxygen atoms in total. The largest absolute Gasteiger partial charge is 0.347 e. The number of likely N-dealkylation sites (tertiary alicyclic amines) is 1. The maximum Gasteiger partial charge on any atom is 0.245 e. The van der Waals surface area contributed by atoms with Crippen LogP contribution >= 0.6 is 0 Å². The molecular weight excluding hydrogens is 396 g/mol. The van der Waals surface area contributed by atoms with Crippen molar-refractivity contribution in [2.24, 2.45) is 11.8 Å². The lowest BCUT2D eigenvalue weighted by Gasteiger charge is -2.56. The smallest absolute Gasteiger partial charge is 0.245 e. The van der Waals surface area contributed by atoms with Gasteiger partial charge in [0.15, 0.2) is 0 Å². The fourth-order valence-corrected chi connectivity index (χ4v) is 5.59. The van der Waals surface area contributed by atoms with E-state index in [0.717, 1.165) is 37.9 Å². The number of pyridine rings is 1. The van der Waals surface area contributed by atoms with Crippen LogP contribution < -0.4 is 0 Å². The summed E-state index contributed by atoms with van der Waals surface area (Å²) in [6.45, 7) is 2.16. The minimum absolute atomic E-state index is 0.0298. The Morgan fingerprint density at radius 2 is 2.13 bits per heavy atom. The van der Waals surface area contributed by atoms with Gasteiger partial charge in [-0.15, -0.1) is 0 Å². The highest BCUT2D eigenvalue weighted by atomic mass is 16.5. The Kier molecular flexibility index (Phi) is 5.21. The van der Waals surface area contributed by atoms with Gasteiger partial charge in [-0.2, -0.15) is 4.98 Å². The summed E-state index contributed by atoms with van der Waals surface area (Å²) in [4.78, 5) is 40.4. The van der Waals surface area contributed by atoms with Crippen LogP contribution in [0.2, 0.25) is 0 Å². The zero-order valence-corrected chi connectivity index (χ0v) is 18.0. The Morgan fingerprint density at radius 3 is 2.90 bits per heavy atom. The Hall–Kier alpha value is -2.81. The molecule has 0 aromatic carbocycles. The molecule has 3 saturated heterocycles. The predicted octanol–water partition coefficient (Wildman–Crippen LogP) is 1.42. The number of carbonyl (C=O) groups excluding carboxylic acids is 2. The third kappa shape index (κ3) is 3.71. The number of amides is 2. The van der Waals surface area contributed by atoms with Crippen LogP contribution in [0.25, 0.3) is 11.4 Å². The highest BCUT2D eigenvalue weighted by Crippen LogP contribution is 2.42. The van der Waals surface area contributed by atoms with Gasteiger partial charge < -0.3 is 14.3 Å². The van der Waals surface area contributed by atoms with Crippen LogP contribution in [-0.4, -0.2) is 80.9 Å². The second-order valence-corrected chi connectivity index (χ2v) is 9.14. The number of carbonyl (C=O) groups is 2. The molecule has 164 valence electrons. The normalized spacial score (nSPS) is 28.3. The zero-order chi connectivity index (χ0) is 21.5. The van der Waals surface area contributed by atoms with E-state index >= 15 is 0 Å². The molecule has 3 fully saturated rings. The summed E-state index contributed by atoms with van der Waals surface area (Å²) >= 11 is 0. The maximum atomic E-state index is 13.1. The van der Waals surface area contributed by atoms with E-state index in [9.17, 15) is 9.59 Å². The van der Waals surface area contributed by atoms with E-state index in [0.29, 0.717) is 30.6 Å². The minimum Gasteiger partial charge on any atom is -0.347 e. The van der Waals surface area contributed by atoms with E-state index in [4.69, 9.17) is 4.52 Å². The van der Waals surface area contributed by atoms with Gasteiger partial charge in [-0.3, -0.25) is 19.5 Å². The van der Waals surface area contributed by atoms with Crippen LogP contribution in [0.4, 0.5) is 0 Å². The van der Waals surface area contributed by atoms with Gasteiger partial charge in [-0.1, -0.05) is 5.16 Å². The molecule has 0 N–H and O–H groups in total. The summed E-state index contributed by atoms with van der Waals surface area (Å²) in [6, 6.07) is 3.51. The van der Waals surface area contributed by atoms with Crippen molar-refractivity contribution in [3.63, 3.8) is 0 Å². The van der Waals surface area contributed by atoms with Crippen molar-refractivity contribution < 1.29 is 14.1 Å². The maximum absolute atomic E-state index is 13.1. The molecule has 2 aromatic heterocycles. The quantitative estimate of drug-likeness (QED) is 0.732. The Balaban J connectivity index is 1.36. The molecular formula is C22H28N6O3. The summed E-state index contributed by atoms with van der Waals surface area (Å²) in [5.41, 5.74) is 0.820. The molecule has 2 bridgehead atoms. The lowest BCUT2D eigenvalue weighted by molar-refractivity contribution is -0.164. The molecule has 3 aliphatic heterocycles. The van der Waals surface area contributed by atoms with Crippen molar-refractivity contribution >= 4 is 11.8 Å². The fraction of sp³-hybridized carbons (Fsp3) is 0.591. The summed E-state index contributed by atoms with van der Waals surface area (Å²) in [7, 11) is 3.55. The Bertz CT molecular complexity index is 961. The lowest BCUT2D eigenvalue weighted by atomic mass is 9.71. The second-order valence-electron chi connectivity index (χ2n) is 9.14. The van der Waals surface area contributed by atoms with Gasteiger partial charge in [0.1, 0.15) is 6.04 Å². The molecule has 3 aliphatic rings. The average molecular weight is 425 g/mol. The van der Waals surface area contributed by atoms with Crippen molar-refractivity contribution in [2.75, 3.05) is 27.2 Å². The number of rotatable bonds is 4. The van der Waals surface area contributed by atoms with Crippen LogP contribution in [0.3, 0.4) is 0 Å². The van der Waals surface area contributed by atoms with Crippen molar-refractivity contribution in [3.8, 4) is 11.4 Å². The SMILES string of the molecule is CN(C)C(=O)[C@H]1[C@H]2C[C@H](CN(Cc3nc(-c4cccnc4)no3)C2)[C@@H]2CCCC(=O)N21. The summed E-state index contributed by atoms with van der Waals surface area (Å²) in [5, 5.41) is 4.10. The van der Waals surface area contributed by atoms with E-state index in [2.05, 4.69) is 20.0 Å². The zero-order valence-electron chi connectivity index (χ0n) is 18.0. The van der Waals surface area contributed by atoms with Crippen LogP contribution in [0.5, 0.6) is 0 Å². The first kappa shape index (κ1) is 20.1. The van der Waals surface area contributed by atoms with Gasteiger partial charge in [-0.25, -0.2) is 0 Å². The first-order chi connectivity index (χ1) is 15.0. The average Bonchev–Trinajstić information content (AvgIpc) is 3.23. The molecule has 0 saturated carbocycles. The van der Waals surface area contributed by atoms with Crippen molar-refractivity contribution in [3.05, 3.63) is 30.4 Å². The van der Waals surface area contributed by atoms with Crippen LogP contribution in [0, 0.1) is 11.8 Å². The summed E-state index contributed by atoms with van der Waals surface area (Å²) in [5.74, 6) is 1.75. The van der Waals surface area contributed by atoms with Crippen molar-refractivity contribution in [2.45, 2.75) is 44.3 Å². The molecule has 9 heteroatoms. The fourth-order valence-electron chi connectivity index (χ4n) is 5.59. The number of fused-ring (bicyclic) bond motifs is 4. The van der Waals surface area contributed by atoms with Gasteiger partial charge in [-0.05, 0) is 37.3 Å². The van der Waals surface area contributed by atoms with E-state index < -0.39 is 0 Å². The second kappa shape index (κ2) is 8.03. The molecule has 2 aromatic rings. The Morgan fingerprint density at radius 1 is 1.29 bits per heavy atom. The lowest BCUT2D eigenvalue weighted by Crippen LogP contribution is -2.68. The molecule has 2 amide bonds. The van der Waals surface area contributed by atoms with Crippen LogP contribution in [-0.2, 0) is 16.1 Å². The van der Waals surface area contributed by atoms with Crippen LogP contribution in [0.1, 0.15) is 31.6 Å². The van der Waals surface area contributed by atoms with Crippen molar-refractivity contribution in [1.29, 1.82) is 0 Å². The highest BCUT2D eigenvalue weighted by Gasteiger charge is 2.52. The summed E-state index contributed by atoms with van der Waals surface area (Å²) < 4.78 is 5.51. The predicted molar refractivity (Wildman–Crippen MR) is 111 cm³/mol. The molecule has 0 unspecified atom stereocenters. The monoisotopic (exact) mass is 424 g/mol. The molecule has 4 atom stereocenters. The van der Waals surface area contributed by atoms with Gasteiger partial charge in [0, 0.05) is 63.5 Å². The highest BCUT2D eigenvalue weighted by molar-refractivity contribution is 5.88. The first-order valence-electron chi connectivity index (χ1n) is 11.0. The van der Waals surface area contributed by atoms with Crippen molar-refractivity contribution in [1.82, 2.24) is 29.8 Å². The molecule has 0 spiro atoms. The number of hydrogen-bond donors (Lipinski definition) is 0. The number of nitrogens with zero attached hydrogens (tertiary/aromatic N) is 6. The van der Waals surface area contributed by atoms with E-state index in [1.54, 1.807) is 31.4 Å². The number of aromatic nitrogens is 3. The third-order valence-corrected chi connectivity index (χ3v) is 6.86. The summed E-state index contributed by atoms with van der Waals surface area (Å²) in [6.07, 6.45) is 6.84. The topological polar surface area (TPSA) is 95.7 Å². The van der Waals surface area contributed by atoms with E-state index in [1.807, 2.05) is 17.0 Å². The Labute approximate surface area is 181 Å². The van der Waals surface area contributed by atoms with E-state index in [1.165, 1.54) is 0 Å². The van der Waals surface area contributed by atoms with Gasteiger partial charge >= 0.3 is 0 Å². The van der Waals surface area contributed by atoms with Gasteiger partial charge in [0.25, 0.3) is 0 Å². The third-order valence-electron chi connectivity index (χ3n) is 6.86. The number of piperidine rings is 3. The van der Waals surface area contributed by atoms with Gasteiger partial charge in [0.2, 0.25) is 23.5 Å². The van der Waals surface area contributed by atoms with E-state index in [-0.39, 0.29) is 29.8 Å². The number of hydrogen-bond acceptors (Lipinski definition) is 7. The van der Waals surface area contributed by atoms with Crippen LogP contribution in [0.15, 0.2) is 29.0 Å². The standard InChI is InChI=1S/C22H28N6O3/c1-26(2)22(30)20-16-9-15(17-6-3-7-19(29)28(17)20)11-27(12-16)13-18-24-21(25-31-18)14-5-4-8-23-10-14/h4-5,8,10,15-17,20H,3,6-7,9,11-13H2,1-2H3/t15-,16+,17+,20-/m1/s1. The molecule has 31 heavy (non-hydrogen) atoms. The molecule has 0 radical (unpaired) electrons. The van der Waals surface area contributed by atoms with Gasteiger partial charge in [0.05, 0.1) is 6.54 Å². The molecule has 0 aliphatic carbocycles. The molecule has 5 rings (SSSR count). The number of likely N-dealkylation sites (N-methyl/N-ethyl adjacent to an activating group) is 1.